The quantitative estimate of drug-likeness (QED) is 0.675. The molecule has 0 aliphatic carbocycles. The Labute approximate surface area is 164 Å². The lowest BCUT2D eigenvalue weighted by Crippen LogP contribution is -2.19. The zero-order valence-corrected chi connectivity index (χ0v) is 17.8. The summed E-state index contributed by atoms with van der Waals surface area (Å²) in [6, 6.07) is 10.6. The van der Waals surface area contributed by atoms with Gasteiger partial charge in [-0.15, -0.1) is 0 Å². The predicted molar refractivity (Wildman–Crippen MR) is 112 cm³/mol. The van der Waals surface area contributed by atoms with Crippen LogP contribution in [0.5, 0.6) is 5.75 Å². The first-order chi connectivity index (χ1) is 12.6. The minimum absolute atomic E-state index is 0.153. The fourth-order valence-electron chi connectivity index (χ4n) is 3.18. The largest absolute Gasteiger partial charge is 0.493 e. The highest BCUT2D eigenvalue weighted by molar-refractivity contribution is 5.75. The first kappa shape index (κ1) is 21.5. The summed E-state index contributed by atoms with van der Waals surface area (Å²) < 4.78 is 11.8. The van der Waals surface area contributed by atoms with Crippen molar-refractivity contribution in [1.82, 2.24) is 0 Å². The molecule has 3 heteroatoms. The molecule has 2 rings (SSSR count). The summed E-state index contributed by atoms with van der Waals surface area (Å²) in [6.45, 7) is 15.6. The van der Waals surface area contributed by atoms with Gasteiger partial charge in [0.05, 0.1) is 24.9 Å². The van der Waals surface area contributed by atoms with Crippen LogP contribution >= 0.6 is 0 Å². The van der Waals surface area contributed by atoms with E-state index >= 15 is 0 Å². The summed E-state index contributed by atoms with van der Waals surface area (Å²) in [5, 5.41) is 9.39. The molecule has 2 aromatic rings. The Bertz CT molecular complexity index is 747. The Morgan fingerprint density at radius 3 is 2.22 bits per heavy atom. The highest BCUT2D eigenvalue weighted by atomic mass is 16.5. The lowest BCUT2D eigenvalue weighted by Gasteiger charge is -2.22. The van der Waals surface area contributed by atoms with Gasteiger partial charge in [0.15, 0.2) is 0 Å². The van der Waals surface area contributed by atoms with Crippen molar-refractivity contribution in [2.24, 2.45) is 0 Å². The van der Waals surface area contributed by atoms with Gasteiger partial charge in [-0.2, -0.15) is 0 Å². The van der Waals surface area contributed by atoms with Gasteiger partial charge in [0.2, 0.25) is 0 Å². The zero-order chi connectivity index (χ0) is 20.2. The second kappa shape index (κ2) is 8.90. The maximum Gasteiger partial charge on any atom is 0.119 e. The van der Waals surface area contributed by atoms with Crippen LogP contribution in [-0.4, -0.2) is 23.4 Å². The fraction of sp³-hybridized carbons (Fsp3) is 0.500. The van der Waals surface area contributed by atoms with Crippen LogP contribution in [0.3, 0.4) is 0 Å². The molecular weight excluding hydrogens is 336 g/mol. The van der Waals surface area contributed by atoms with Crippen LogP contribution < -0.4 is 4.74 Å². The molecule has 0 heterocycles. The number of aryl methyl sites for hydroxylation is 2. The normalized spacial score (nSPS) is 12.9. The standard InChI is InChI=1S/C24H34O3/c1-16-13-21(26-12-11-18(3)25)14-17(2)23(16)22-10-8-9-20(19(22)4)15-27-24(5,6)7/h8-10,13-14,18,25H,11-12,15H2,1-7H3/t18-/m1/s1. The fourth-order valence-corrected chi connectivity index (χ4v) is 3.18. The van der Waals surface area contributed by atoms with E-state index in [1.165, 1.54) is 33.4 Å². The first-order valence-electron chi connectivity index (χ1n) is 9.73. The molecule has 1 atom stereocenters. The average Bonchev–Trinajstić information content (AvgIpc) is 2.53. The molecule has 2 aromatic carbocycles. The van der Waals surface area contributed by atoms with Crippen LogP contribution in [-0.2, 0) is 11.3 Å². The molecule has 0 aliphatic heterocycles. The van der Waals surface area contributed by atoms with E-state index in [1.54, 1.807) is 6.92 Å². The highest BCUT2D eigenvalue weighted by Gasteiger charge is 2.15. The molecule has 0 saturated heterocycles. The van der Waals surface area contributed by atoms with E-state index in [0.717, 1.165) is 5.75 Å². The number of aliphatic hydroxyl groups is 1. The number of benzene rings is 2. The van der Waals surface area contributed by atoms with Gasteiger partial charge in [-0.1, -0.05) is 18.2 Å². The molecule has 0 amide bonds. The highest BCUT2D eigenvalue weighted by Crippen LogP contribution is 2.34. The Hall–Kier alpha value is -1.84. The summed E-state index contributed by atoms with van der Waals surface area (Å²) in [6.07, 6.45) is 0.293. The molecule has 0 aromatic heterocycles. The molecule has 27 heavy (non-hydrogen) atoms. The SMILES string of the molecule is Cc1cc(OCC[C@@H](C)O)cc(C)c1-c1cccc(COC(C)(C)C)c1C. The summed E-state index contributed by atoms with van der Waals surface area (Å²) in [4.78, 5) is 0. The zero-order valence-electron chi connectivity index (χ0n) is 17.8. The Morgan fingerprint density at radius 1 is 1.04 bits per heavy atom. The van der Waals surface area contributed by atoms with Gasteiger partial charge >= 0.3 is 0 Å². The topological polar surface area (TPSA) is 38.7 Å². The molecule has 0 radical (unpaired) electrons. The minimum Gasteiger partial charge on any atom is -0.493 e. The van der Waals surface area contributed by atoms with Gasteiger partial charge < -0.3 is 14.6 Å². The van der Waals surface area contributed by atoms with E-state index < -0.39 is 0 Å². The lowest BCUT2D eigenvalue weighted by molar-refractivity contribution is -0.0151. The van der Waals surface area contributed by atoms with Crippen LogP contribution in [0.25, 0.3) is 11.1 Å². The molecule has 0 aliphatic rings. The van der Waals surface area contributed by atoms with Gasteiger partial charge in [0.25, 0.3) is 0 Å². The second-order valence-electron chi connectivity index (χ2n) is 8.41. The van der Waals surface area contributed by atoms with Gasteiger partial charge in [-0.05, 0) is 94.0 Å². The third kappa shape index (κ3) is 6.08. The minimum atomic E-state index is -0.341. The summed E-state index contributed by atoms with van der Waals surface area (Å²) >= 11 is 0. The Balaban J connectivity index is 2.30. The van der Waals surface area contributed by atoms with Crippen LogP contribution in [0, 0.1) is 20.8 Å². The molecular formula is C24H34O3. The van der Waals surface area contributed by atoms with Crippen molar-refractivity contribution in [3.8, 4) is 16.9 Å². The van der Waals surface area contributed by atoms with Crippen LogP contribution in [0.15, 0.2) is 30.3 Å². The lowest BCUT2D eigenvalue weighted by atomic mass is 9.90. The molecule has 3 nitrogen and oxygen atoms in total. The van der Waals surface area contributed by atoms with E-state index in [0.29, 0.717) is 19.6 Å². The van der Waals surface area contributed by atoms with Crippen molar-refractivity contribution < 1.29 is 14.6 Å². The van der Waals surface area contributed by atoms with Crippen molar-refractivity contribution in [3.05, 3.63) is 52.6 Å². The summed E-state index contributed by atoms with van der Waals surface area (Å²) in [7, 11) is 0. The van der Waals surface area contributed by atoms with Crippen LogP contribution in [0.4, 0.5) is 0 Å². The maximum atomic E-state index is 9.39. The summed E-state index contributed by atoms with van der Waals surface area (Å²) in [5.74, 6) is 0.860. The average molecular weight is 371 g/mol. The van der Waals surface area contributed by atoms with E-state index in [4.69, 9.17) is 9.47 Å². The van der Waals surface area contributed by atoms with Crippen LogP contribution in [0.1, 0.15) is 56.4 Å². The van der Waals surface area contributed by atoms with Crippen molar-refractivity contribution in [3.63, 3.8) is 0 Å². The Kier molecular flexibility index (Phi) is 7.07. The van der Waals surface area contributed by atoms with E-state index in [9.17, 15) is 5.11 Å². The van der Waals surface area contributed by atoms with Gasteiger partial charge in [0.1, 0.15) is 5.75 Å². The molecule has 0 bridgehead atoms. The first-order valence-corrected chi connectivity index (χ1v) is 9.73. The van der Waals surface area contributed by atoms with E-state index in [-0.39, 0.29) is 11.7 Å². The molecule has 0 spiro atoms. The molecule has 0 saturated carbocycles. The second-order valence-corrected chi connectivity index (χ2v) is 8.41. The van der Waals surface area contributed by atoms with Gasteiger partial charge in [-0.3, -0.25) is 0 Å². The molecule has 0 fully saturated rings. The molecule has 1 N–H and O–H groups in total. The van der Waals surface area contributed by atoms with E-state index in [2.05, 4.69) is 71.9 Å². The van der Waals surface area contributed by atoms with Crippen molar-refractivity contribution >= 4 is 0 Å². The van der Waals surface area contributed by atoms with Gasteiger partial charge in [0, 0.05) is 6.42 Å². The van der Waals surface area contributed by atoms with Crippen molar-refractivity contribution in [2.45, 2.75) is 73.2 Å². The maximum absolute atomic E-state index is 9.39. The summed E-state index contributed by atoms with van der Waals surface area (Å²) in [5.41, 5.74) is 7.22. The van der Waals surface area contributed by atoms with Crippen molar-refractivity contribution in [1.29, 1.82) is 0 Å². The smallest absolute Gasteiger partial charge is 0.119 e. The van der Waals surface area contributed by atoms with Crippen LogP contribution in [0.2, 0.25) is 0 Å². The predicted octanol–water partition coefficient (Wildman–Crippen LogP) is 5.74. The Morgan fingerprint density at radius 2 is 1.67 bits per heavy atom. The third-order valence-corrected chi connectivity index (χ3v) is 4.69. The number of hydrogen-bond donors (Lipinski definition) is 1. The van der Waals surface area contributed by atoms with E-state index in [1.807, 2.05) is 0 Å². The molecule has 0 unspecified atom stereocenters. The molecule has 148 valence electrons. The third-order valence-electron chi connectivity index (χ3n) is 4.69. The number of hydrogen-bond acceptors (Lipinski definition) is 3. The number of aliphatic hydroxyl groups excluding tert-OH is 1. The van der Waals surface area contributed by atoms with Crippen molar-refractivity contribution in [2.75, 3.05) is 6.61 Å². The monoisotopic (exact) mass is 370 g/mol. The number of ether oxygens (including phenoxy) is 2. The number of rotatable bonds is 7. The van der Waals surface area contributed by atoms with Gasteiger partial charge in [-0.25, -0.2) is 0 Å².